The molecule has 8 heteroatoms. The van der Waals surface area contributed by atoms with E-state index in [0.717, 1.165) is 0 Å². The number of rotatable bonds is 2. The lowest BCUT2D eigenvalue weighted by Gasteiger charge is -2.35. The Kier molecular flexibility index (Phi) is 3.30. The Hall–Kier alpha value is -1.60. The molecule has 3 unspecified atom stereocenters. The van der Waals surface area contributed by atoms with Crippen LogP contribution in [0.15, 0.2) is 0 Å². The van der Waals surface area contributed by atoms with Crippen molar-refractivity contribution in [2.24, 2.45) is 11.8 Å². The molecule has 0 radical (unpaired) electrons. The highest BCUT2D eigenvalue weighted by Crippen LogP contribution is 2.45. The van der Waals surface area contributed by atoms with E-state index >= 15 is 0 Å². The van der Waals surface area contributed by atoms with Crippen molar-refractivity contribution < 1.29 is 32.7 Å². The van der Waals surface area contributed by atoms with Crippen LogP contribution in [-0.2, 0) is 14.4 Å². The molecule has 2 rings (SSSR count). The molecular formula is C12H14F3NO4. The number of halogens is 3. The summed E-state index contributed by atoms with van der Waals surface area (Å²) < 4.78 is 39.3. The molecule has 112 valence electrons. The highest BCUT2D eigenvalue weighted by atomic mass is 19.4. The molecule has 20 heavy (non-hydrogen) atoms. The zero-order valence-electron chi connectivity index (χ0n) is 10.7. The molecular weight excluding hydrogens is 279 g/mol. The van der Waals surface area contributed by atoms with Crippen molar-refractivity contribution in [3.05, 3.63) is 0 Å². The Morgan fingerprint density at radius 2 is 1.55 bits per heavy atom. The molecule has 1 saturated carbocycles. The normalized spacial score (nSPS) is 30.1. The van der Waals surface area contributed by atoms with Crippen LogP contribution >= 0.6 is 0 Å². The molecule has 1 saturated heterocycles. The molecule has 2 fully saturated rings. The summed E-state index contributed by atoms with van der Waals surface area (Å²) in [5, 5.41) is 8.93. The summed E-state index contributed by atoms with van der Waals surface area (Å²) in [4.78, 5) is 35.2. The van der Waals surface area contributed by atoms with E-state index in [1.54, 1.807) is 0 Å². The summed E-state index contributed by atoms with van der Waals surface area (Å²) in [5.74, 6) is -5.89. The quantitative estimate of drug-likeness (QED) is 0.784. The van der Waals surface area contributed by atoms with Gasteiger partial charge in [-0.15, -0.1) is 0 Å². The van der Waals surface area contributed by atoms with E-state index in [-0.39, 0.29) is 4.90 Å². The van der Waals surface area contributed by atoms with Crippen LogP contribution in [0.25, 0.3) is 0 Å². The van der Waals surface area contributed by atoms with Gasteiger partial charge in [0.05, 0.1) is 11.8 Å². The van der Waals surface area contributed by atoms with Gasteiger partial charge < -0.3 is 5.11 Å². The zero-order valence-corrected chi connectivity index (χ0v) is 10.7. The average Bonchev–Trinajstić information content (AvgIpc) is 2.60. The van der Waals surface area contributed by atoms with Gasteiger partial charge in [0, 0.05) is 0 Å². The van der Waals surface area contributed by atoms with Crippen LogP contribution in [0.5, 0.6) is 0 Å². The number of aliphatic carboxylic acids is 1. The maximum atomic E-state index is 13.1. The Bertz CT molecular complexity index is 452. The Morgan fingerprint density at radius 1 is 1.15 bits per heavy atom. The number of carbonyl (C=O) groups is 3. The third-order valence-electron chi connectivity index (χ3n) is 4.26. The van der Waals surface area contributed by atoms with Crippen LogP contribution in [0.3, 0.4) is 0 Å². The molecule has 5 nitrogen and oxygen atoms in total. The highest BCUT2D eigenvalue weighted by Gasteiger charge is 2.68. The van der Waals surface area contributed by atoms with Crippen LogP contribution in [0.4, 0.5) is 13.2 Å². The monoisotopic (exact) mass is 293 g/mol. The van der Waals surface area contributed by atoms with E-state index in [1.165, 1.54) is 0 Å². The summed E-state index contributed by atoms with van der Waals surface area (Å²) >= 11 is 0. The second-order valence-electron chi connectivity index (χ2n) is 5.38. The molecule has 2 amide bonds. The minimum absolute atomic E-state index is 0.0734. The molecule has 1 aliphatic carbocycles. The minimum atomic E-state index is -5.22. The van der Waals surface area contributed by atoms with Gasteiger partial charge >= 0.3 is 12.1 Å². The first-order chi connectivity index (χ1) is 9.12. The molecule has 2 aliphatic rings. The summed E-state index contributed by atoms with van der Waals surface area (Å²) in [6.45, 7) is 0.364. The summed E-state index contributed by atoms with van der Waals surface area (Å²) in [6, 6.07) is 0. The van der Waals surface area contributed by atoms with Crippen LogP contribution in [0.1, 0.15) is 32.6 Å². The number of fused-ring (bicyclic) bond motifs is 1. The predicted octanol–water partition coefficient (Wildman–Crippen LogP) is 1.57. The first kappa shape index (κ1) is 14.8. The molecule has 0 bridgehead atoms. The number of alkyl halides is 3. The van der Waals surface area contributed by atoms with Gasteiger partial charge in [-0.25, -0.2) is 4.79 Å². The minimum Gasteiger partial charge on any atom is -0.479 e. The Morgan fingerprint density at radius 3 is 1.85 bits per heavy atom. The third-order valence-corrected chi connectivity index (χ3v) is 4.26. The summed E-state index contributed by atoms with van der Waals surface area (Å²) in [7, 11) is 0. The molecule has 1 N–H and O–H groups in total. The molecule has 0 aromatic carbocycles. The van der Waals surface area contributed by atoms with Crippen molar-refractivity contribution in [2.45, 2.75) is 44.3 Å². The fourth-order valence-corrected chi connectivity index (χ4v) is 2.95. The second-order valence-corrected chi connectivity index (χ2v) is 5.38. The number of likely N-dealkylation sites (tertiary alicyclic amines) is 1. The first-order valence-corrected chi connectivity index (χ1v) is 6.30. The third kappa shape index (κ3) is 1.81. The highest BCUT2D eigenvalue weighted by molar-refractivity contribution is 6.09. The number of carboxylic acids is 1. The molecule has 0 spiro atoms. The topological polar surface area (TPSA) is 74.7 Å². The van der Waals surface area contributed by atoms with E-state index in [2.05, 4.69) is 0 Å². The van der Waals surface area contributed by atoms with Crippen LogP contribution < -0.4 is 0 Å². The van der Waals surface area contributed by atoms with E-state index in [9.17, 15) is 27.6 Å². The molecule has 0 aromatic heterocycles. The van der Waals surface area contributed by atoms with Gasteiger partial charge in [0.15, 0.2) is 0 Å². The summed E-state index contributed by atoms with van der Waals surface area (Å²) in [6.07, 6.45) is -3.25. The Labute approximate surface area is 112 Å². The van der Waals surface area contributed by atoms with Crippen LogP contribution in [-0.4, -0.2) is 39.5 Å². The van der Waals surface area contributed by atoms with Gasteiger partial charge in [-0.05, 0) is 19.8 Å². The van der Waals surface area contributed by atoms with Gasteiger partial charge in [-0.3, -0.25) is 14.5 Å². The van der Waals surface area contributed by atoms with Crippen molar-refractivity contribution in [2.75, 3.05) is 0 Å². The van der Waals surface area contributed by atoms with Crippen LogP contribution in [0.2, 0.25) is 0 Å². The number of carbonyl (C=O) groups excluding carboxylic acids is 2. The van der Waals surface area contributed by atoms with Gasteiger partial charge in [-0.1, -0.05) is 12.8 Å². The number of carboxylic acid groups (broad SMARTS) is 1. The second kappa shape index (κ2) is 4.46. The lowest BCUT2D eigenvalue weighted by atomic mass is 9.81. The maximum absolute atomic E-state index is 13.1. The molecule has 1 aliphatic heterocycles. The van der Waals surface area contributed by atoms with Crippen molar-refractivity contribution >= 4 is 17.8 Å². The SMILES string of the molecule is CC(C(=O)O)(N1C(=O)C2CCCCC2C1=O)C(F)(F)F. The van der Waals surface area contributed by atoms with Crippen molar-refractivity contribution in [3.8, 4) is 0 Å². The molecule has 0 aromatic rings. The fourth-order valence-electron chi connectivity index (χ4n) is 2.95. The van der Waals surface area contributed by atoms with E-state index in [1.807, 2.05) is 0 Å². The maximum Gasteiger partial charge on any atom is 0.422 e. The average molecular weight is 293 g/mol. The van der Waals surface area contributed by atoms with Crippen molar-refractivity contribution in [1.82, 2.24) is 4.90 Å². The number of nitrogens with zero attached hydrogens (tertiary/aromatic N) is 1. The smallest absolute Gasteiger partial charge is 0.422 e. The summed E-state index contributed by atoms with van der Waals surface area (Å²) in [5.41, 5.74) is -3.50. The van der Waals surface area contributed by atoms with E-state index < -0.39 is 41.3 Å². The van der Waals surface area contributed by atoms with Gasteiger partial charge in [0.2, 0.25) is 17.4 Å². The predicted molar refractivity (Wildman–Crippen MR) is 59.4 cm³/mol. The number of imide groups is 1. The lowest BCUT2D eigenvalue weighted by Crippen LogP contribution is -2.64. The van der Waals surface area contributed by atoms with E-state index in [4.69, 9.17) is 5.11 Å². The van der Waals surface area contributed by atoms with Gasteiger partial charge in [0.25, 0.3) is 0 Å². The Balaban J connectivity index is 2.47. The van der Waals surface area contributed by atoms with E-state index in [0.29, 0.717) is 32.6 Å². The van der Waals surface area contributed by atoms with Crippen LogP contribution in [0, 0.1) is 11.8 Å². The van der Waals surface area contributed by atoms with Gasteiger partial charge in [0.1, 0.15) is 0 Å². The molecule has 3 atom stereocenters. The first-order valence-electron chi connectivity index (χ1n) is 6.30. The molecule has 1 heterocycles. The van der Waals surface area contributed by atoms with Gasteiger partial charge in [-0.2, -0.15) is 13.2 Å². The number of amides is 2. The lowest BCUT2D eigenvalue weighted by molar-refractivity contribution is -0.230. The largest absolute Gasteiger partial charge is 0.479 e. The van der Waals surface area contributed by atoms with Crippen molar-refractivity contribution in [3.63, 3.8) is 0 Å². The fraction of sp³-hybridized carbons (Fsp3) is 0.750. The number of hydrogen-bond acceptors (Lipinski definition) is 3. The zero-order chi connectivity index (χ0) is 15.3. The number of hydrogen-bond donors (Lipinski definition) is 1. The van der Waals surface area contributed by atoms with Crippen molar-refractivity contribution in [1.29, 1.82) is 0 Å². The standard InChI is InChI=1S/C12H14F3NO4/c1-11(10(19)20,12(13,14)15)16-8(17)6-4-2-3-5-7(6)9(16)18/h6-7H,2-5H2,1H3,(H,19,20).